The van der Waals surface area contributed by atoms with Crippen LogP contribution in [0.3, 0.4) is 0 Å². The molecule has 22 nitrogen and oxygen atoms in total. The molecule has 53 heavy (non-hydrogen) atoms. The minimum absolute atomic E-state index is 0.363. The summed E-state index contributed by atoms with van der Waals surface area (Å²) in [5, 5.41) is 24.1. The summed E-state index contributed by atoms with van der Waals surface area (Å²) in [4.78, 5) is 35.4. The number of rotatable bonds is 11. The van der Waals surface area contributed by atoms with Crippen molar-refractivity contribution in [2.24, 2.45) is 16.1 Å². The van der Waals surface area contributed by atoms with Gasteiger partial charge in [-0.05, 0) is 42.5 Å². The molecule has 0 radical (unpaired) electrons. The lowest BCUT2D eigenvalue weighted by Gasteiger charge is -2.17. The average molecular weight is 819 g/mol. The molecule has 0 saturated heterocycles. The van der Waals surface area contributed by atoms with E-state index in [1.807, 2.05) is 5.32 Å². The number of anilines is 2. The molecular weight excluding hydrogens is 793 g/mol. The van der Waals surface area contributed by atoms with Crippen molar-refractivity contribution in [1.29, 1.82) is 0 Å². The molecule has 0 fully saturated rings. The Hall–Kier alpha value is -5.19. The lowest BCUT2D eigenvalue weighted by atomic mass is 10.0. The van der Waals surface area contributed by atoms with Crippen molar-refractivity contribution in [2.75, 3.05) is 24.7 Å². The van der Waals surface area contributed by atoms with Gasteiger partial charge >= 0.3 is 0 Å². The molecule has 4 rings (SSSR count). The van der Waals surface area contributed by atoms with Crippen LogP contribution in [0.4, 0.5) is 11.4 Å². The fraction of sp³-hybridized carbons (Fsp3) is 0.148. The van der Waals surface area contributed by atoms with Crippen LogP contribution >= 0.6 is 0 Å². The lowest BCUT2D eigenvalue weighted by Crippen LogP contribution is -2.34. The Morgan fingerprint density at radius 3 is 1.68 bits per heavy atom. The highest BCUT2D eigenvalue weighted by molar-refractivity contribution is 7.87. The number of allylic oxidation sites excluding steroid dienone is 4. The minimum Gasteiger partial charge on any atom is -0.371 e. The third kappa shape index (κ3) is 9.25. The second kappa shape index (κ2) is 14.7. The van der Waals surface area contributed by atoms with Crippen molar-refractivity contribution < 1.29 is 71.4 Å². The van der Waals surface area contributed by atoms with Crippen molar-refractivity contribution in [3.63, 3.8) is 0 Å². The van der Waals surface area contributed by atoms with Gasteiger partial charge in [0, 0.05) is 14.1 Å². The van der Waals surface area contributed by atoms with Crippen molar-refractivity contribution in [1.82, 2.24) is 10.0 Å². The molecule has 7 N–H and O–H groups in total. The molecule has 3 amide bonds. The van der Waals surface area contributed by atoms with Crippen LogP contribution in [-0.4, -0.2) is 116 Å². The van der Waals surface area contributed by atoms with E-state index in [0.717, 1.165) is 16.1 Å². The quantitative estimate of drug-likeness (QED) is 0.0841. The smallest absolute Gasteiger partial charge is 0.296 e. The van der Waals surface area contributed by atoms with Crippen LogP contribution in [0.2, 0.25) is 0 Å². The zero-order valence-electron chi connectivity index (χ0n) is 26.7. The van der Waals surface area contributed by atoms with E-state index in [0.29, 0.717) is 36.4 Å². The molecule has 26 heteroatoms. The molecule has 2 aliphatic heterocycles. The molecule has 0 aromatic heterocycles. The Morgan fingerprint density at radius 2 is 1.21 bits per heavy atom. The normalized spacial score (nSPS) is 19.3. The van der Waals surface area contributed by atoms with Crippen molar-refractivity contribution >= 4 is 81.0 Å². The summed E-state index contributed by atoms with van der Waals surface area (Å²) in [6, 6.07) is 3.64. The van der Waals surface area contributed by atoms with Crippen LogP contribution in [0.5, 0.6) is 0 Å². The number of hydrazone groups is 2. The Morgan fingerprint density at radius 1 is 0.717 bits per heavy atom. The summed E-state index contributed by atoms with van der Waals surface area (Å²) < 4.78 is 131. The third-order valence-corrected chi connectivity index (χ3v) is 10.6. The minimum atomic E-state index is -5.04. The SMILES string of the molecule is CN1N=C(C(=O)Nc2cc(S(=O)(=O)O)ccc2S(=O)(=O)O)C(=CC=CC=CC2C(C(=O)Nc3cc(S(=O)(=O)O)ccc3S(=O)(=O)O)=NN(C)C2O)C1=O. The maximum absolute atomic E-state index is 13.1. The van der Waals surface area contributed by atoms with Gasteiger partial charge in [0.15, 0.2) is 11.9 Å². The summed E-state index contributed by atoms with van der Waals surface area (Å²) in [6.45, 7) is 0. The van der Waals surface area contributed by atoms with E-state index in [9.17, 15) is 71.4 Å². The van der Waals surface area contributed by atoms with Crippen molar-refractivity contribution in [2.45, 2.75) is 25.8 Å². The van der Waals surface area contributed by atoms with E-state index < -0.39 is 113 Å². The number of benzene rings is 2. The van der Waals surface area contributed by atoms with Gasteiger partial charge in [-0.3, -0.25) is 37.6 Å². The maximum Gasteiger partial charge on any atom is 0.296 e. The first-order valence-electron chi connectivity index (χ1n) is 14.0. The van der Waals surface area contributed by atoms with Gasteiger partial charge in [-0.2, -0.15) is 43.9 Å². The summed E-state index contributed by atoms with van der Waals surface area (Å²) in [5.41, 5.74) is -2.91. The monoisotopic (exact) mass is 818 g/mol. The number of likely N-dealkylation sites (N-methyl/N-ethyl adjacent to an activating group) is 1. The predicted octanol–water partition coefficient (Wildman–Crippen LogP) is -0.647. The fourth-order valence-electron chi connectivity index (χ4n) is 4.65. The Kier molecular flexibility index (Phi) is 11.2. The Labute approximate surface area is 300 Å². The summed E-state index contributed by atoms with van der Waals surface area (Å²) in [6.07, 6.45) is 4.58. The number of nitrogens with one attached hydrogen (secondary N) is 2. The topological polar surface area (TPSA) is 344 Å². The molecule has 0 spiro atoms. The molecule has 2 atom stereocenters. The average Bonchev–Trinajstić information content (AvgIpc) is 3.48. The number of hydrogen-bond acceptors (Lipinski definition) is 15. The van der Waals surface area contributed by atoms with E-state index in [-0.39, 0.29) is 5.57 Å². The predicted molar refractivity (Wildman–Crippen MR) is 181 cm³/mol. The maximum atomic E-state index is 13.1. The molecule has 0 saturated carbocycles. The number of carbonyl (C=O) groups excluding carboxylic acids is 3. The number of nitrogens with zero attached hydrogens (tertiary/aromatic N) is 4. The zero-order valence-corrected chi connectivity index (χ0v) is 29.9. The lowest BCUT2D eigenvalue weighted by molar-refractivity contribution is -0.124. The second-order valence-electron chi connectivity index (χ2n) is 10.8. The van der Waals surface area contributed by atoms with E-state index in [1.54, 1.807) is 0 Å². The van der Waals surface area contributed by atoms with Gasteiger partial charge < -0.3 is 15.7 Å². The first-order chi connectivity index (χ1) is 24.3. The van der Waals surface area contributed by atoms with Crippen LogP contribution in [0, 0.1) is 5.92 Å². The highest BCUT2D eigenvalue weighted by atomic mass is 32.2. The first kappa shape index (κ1) is 40.6. The van der Waals surface area contributed by atoms with Gasteiger partial charge in [-0.1, -0.05) is 24.3 Å². The third-order valence-electron chi connectivity index (χ3n) is 7.12. The van der Waals surface area contributed by atoms with Crippen LogP contribution in [0.1, 0.15) is 0 Å². The summed E-state index contributed by atoms with van der Waals surface area (Å²) in [5.74, 6) is -4.45. The van der Waals surface area contributed by atoms with E-state index in [1.165, 1.54) is 38.4 Å². The molecule has 0 aliphatic carbocycles. The van der Waals surface area contributed by atoms with Gasteiger partial charge in [0.05, 0.1) is 32.7 Å². The number of hydrogen-bond donors (Lipinski definition) is 7. The number of aliphatic hydroxyl groups is 1. The van der Waals surface area contributed by atoms with Gasteiger partial charge in [-0.15, -0.1) is 0 Å². The molecule has 2 unspecified atom stereocenters. The first-order valence-corrected chi connectivity index (χ1v) is 19.8. The van der Waals surface area contributed by atoms with Crippen molar-refractivity contribution in [3.8, 4) is 0 Å². The molecule has 2 aromatic carbocycles. The summed E-state index contributed by atoms with van der Waals surface area (Å²) in [7, 11) is -17.4. The molecule has 2 aliphatic rings. The van der Waals surface area contributed by atoms with Crippen LogP contribution in [0.25, 0.3) is 0 Å². The molecule has 2 heterocycles. The van der Waals surface area contributed by atoms with E-state index in [4.69, 9.17) is 0 Å². The van der Waals surface area contributed by atoms with Crippen LogP contribution in [-0.2, 0) is 54.9 Å². The zero-order chi connectivity index (χ0) is 39.8. The highest BCUT2D eigenvalue weighted by Crippen LogP contribution is 2.28. The van der Waals surface area contributed by atoms with Crippen LogP contribution < -0.4 is 10.6 Å². The number of amides is 3. The number of carbonyl (C=O) groups is 3. The number of aliphatic hydroxyl groups excluding tert-OH is 1. The van der Waals surface area contributed by atoms with E-state index >= 15 is 0 Å². The van der Waals surface area contributed by atoms with E-state index in [2.05, 4.69) is 15.5 Å². The summed E-state index contributed by atoms with van der Waals surface area (Å²) >= 11 is 0. The highest BCUT2D eigenvalue weighted by Gasteiger charge is 2.37. The molecule has 2 aromatic rings. The van der Waals surface area contributed by atoms with Gasteiger partial charge in [0.2, 0.25) is 0 Å². The second-order valence-corrected chi connectivity index (χ2v) is 16.4. The largest absolute Gasteiger partial charge is 0.371 e. The fourth-order valence-corrected chi connectivity index (χ4v) is 6.92. The molecule has 284 valence electrons. The molecular formula is C27H26N6O16S4. The Bertz CT molecular complexity index is 2530. The van der Waals surface area contributed by atoms with Gasteiger partial charge in [-0.25, -0.2) is 5.01 Å². The van der Waals surface area contributed by atoms with Crippen molar-refractivity contribution in [3.05, 3.63) is 72.4 Å². The Balaban J connectivity index is 1.57. The van der Waals surface area contributed by atoms with Gasteiger partial charge in [0.25, 0.3) is 58.2 Å². The van der Waals surface area contributed by atoms with Gasteiger partial charge in [0.1, 0.15) is 15.5 Å². The molecule has 0 bridgehead atoms. The standard InChI is InChI=1S/C27H26N6O16S4/c1-32-26(36)16(22(30-32)24(34)28-18-12-14(50(38,39)40)8-10-20(18)52(44,45)46)6-4-3-5-7-17-23(31-33(2)27(17)37)25(35)29-19-13-15(51(41,42)43)9-11-21(19)53(47,48)49/h3-13,16,26,36H,1-2H3,(H,28,34)(H,29,35)(H,38,39,40)(H,41,42,43)(H,44,45,46)(H,47,48,49). The van der Waals surface area contributed by atoms with Crippen LogP contribution in [0.15, 0.2) is 102 Å².